The van der Waals surface area contributed by atoms with Gasteiger partial charge in [-0.25, -0.2) is 0 Å². The second-order valence-electron chi connectivity index (χ2n) is 4.23. The highest BCUT2D eigenvalue weighted by atomic mass is 19.4. The number of aromatic hydroxyl groups is 1. The predicted octanol–water partition coefficient (Wildman–Crippen LogP) is 2.24. The number of rotatable bonds is 2. The summed E-state index contributed by atoms with van der Waals surface area (Å²) in [5, 5.41) is 9.63. The average molecular weight is 261 g/mol. The van der Waals surface area contributed by atoms with Gasteiger partial charge in [-0.2, -0.15) is 13.2 Å². The van der Waals surface area contributed by atoms with Gasteiger partial charge in [0.1, 0.15) is 5.75 Å². The molecule has 0 aromatic heterocycles. The third-order valence-electron chi connectivity index (χ3n) is 2.91. The molecule has 0 saturated carbocycles. The number of alkyl halides is 3. The van der Waals surface area contributed by atoms with Crippen LogP contribution in [0.2, 0.25) is 0 Å². The van der Waals surface area contributed by atoms with Crippen LogP contribution in [-0.4, -0.2) is 36.3 Å². The summed E-state index contributed by atoms with van der Waals surface area (Å²) in [4.78, 5) is 2.03. The highest BCUT2D eigenvalue weighted by Gasteiger charge is 2.31. The Morgan fingerprint density at radius 2 is 1.89 bits per heavy atom. The molecule has 0 atom stereocenters. The van der Waals surface area contributed by atoms with Gasteiger partial charge in [0, 0.05) is 25.2 Å². The van der Waals surface area contributed by atoms with E-state index in [1.54, 1.807) is 0 Å². The van der Waals surface area contributed by atoms with Crippen LogP contribution in [0.4, 0.5) is 13.2 Å². The van der Waals surface area contributed by atoms with Crippen LogP contribution in [0, 0.1) is 0 Å². The van der Waals surface area contributed by atoms with Crippen molar-refractivity contribution in [3.63, 3.8) is 0 Å². The molecule has 1 aliphatic rings. The molecule has 6 heteroatoms. The Labute approximate surface area is 103 Å². The molecule has 100 valence electrons. The van der Waals surface area contributed by atoms with Crippen LogP contribution in [0.15, 0.2) is 18.2 Å². The maximum absolute atomic E-state index is 12.4. The molecule has 3 nitrogen and oxygen atoms in total. The van der Waals surface area contributed by atoms with E-state index in [1.807, 2.05) is 4.90 Å². The lowest BCUT2D eigenvalue weighted by Crippen LogP contribution is -2.35. The fourth-order valence-corrected chi connectivity index (χ4v) is 1.87. The highest BCUT2D eigenvalue weighted by molar-refractivity contribution is 5.37. The third-order valence-corrected chi connectivity index (χ3v) is 2.91. The molecule has 1 N–H and O–H groups in total. The van der Waals surface area contributed by atoms with Gasteiger partial charge in [-0.1, -0.05) is 6.07 Å². The van der Waals surface area contributed by atoms with Gasteiger partial charge >= 0.3 is 6.18 Å². The van der Waals surface area contributed by atoms with Gasteiger partial charge < -0.3 is 9.84 Å². The highest BCUT2D eigenvalue weighted by Crippen LogP contribution is 2.32. The monoisotopic (exact) mass is 261 g/mol. The first-order chi connectivity index (χ1) is 8.47. The van der Waals surface area contributed by atoms with E-state index in [0.717, 1.165) is 25.2 Å². The maximum Gasteiger partial charge on any atom is 0.416 e. The smallest absolute Gasteiger partial charge is 0.416 e. The number of nitrogens with zero attached hydrogens (tertiary/aromatic N) is 1. The van der Waals surface area contributed by atoms with E-state index in [4.69, 9.17) is 4.74 Å². The van der Waals surface area contributed by atoms with E-state index < -0.39 is 11.7 Å². The van der Waals surface area contributed by atoms with Crippen molar-refractivity contribution < 1.29 is 23.0 Å². The van der Waals surface area contributed by atoms with Crippen molar-refractivity contribution in [3.8, 4) is 5.75 Å². The number of phenolic OH excluding ortho intramolecular Hbond substituents is 1. The SMILES string of the molecule is Oc1cc(C(F)(F)F)ccc1CN1CCOCC1. The Morgan fingerprint density at radius 1 is 1.22 bits per heavy atom. The summed E-state index contributed by atoms with van der Waals surface area (Å²) in [5.41, 5.74) is -0.323. The number of phenols is 1. The van der Waals surface area contributed by atoms with E-state index in [9.17, 15) is 18.3 Å². The molecule has 0 unspecified atom stereocenters. The lowest BCUT2D eigenvalue weighted by atomic mass is 10.1. The van der Waals surface area contributed by atoms with Crippen LogP contribution in [0.1, 0.15) is 11.1 Å². The largest absolute Gasteiger partial charge is 0.508 e. The minimum atomic E-state index is -4.42. The van der Waals surface area contributed by atoms with Gasteiger partial charge in [0.2, 0.25) is 0 Å². The van der Waals surface area contributed by atoms with E-state index in [-0.39, 0.29) is 5.75 Å². The Hall–Kier alpha value is -1.27. The first-order valence-electron chi connectivity index (χ1n) is 5.66. The van der Waals surface area contributed by atoms with Crippen LogP contribution in [0.3, 0.4) is 0 Å². The molecule has 0 bridgehead atoms. The van der Waals surface area contributed by atoms with Gasteiger partial charge in [0.15, 0.2) is 0 Å². The third kappa shape index (κ3) is 3.14. The van der Waals surface area contributed by atoms with Crippen molar-refractivity contribution >= 4 is 0 Å². The number of morpholine rings is 1. The van der Waals surface area contributed by atoms with Gasteiger partial charge in [-0.05, 0) is 12.1 Å². The lowest BCUT2D eigenvalue weighted by molar-refractivity contribution is -0.137. The minimum absolute atomic E-state index is 0.309. The normalized spacial score (nSPS) is 17.9. The predicted molar refractivity (Wildman–Crippen MR) is 59.2 cm³/mol. The second-order valence-corrected chi connectivity index (χ2v) is 4.23. The van der Waals surface area contributed by atoms with Gasteiger partial charge in [0.05, 0.1) is 18.8 Å². The minimum Gasteiger partial charge on any atom is -0.508 e. The van der Waals surface area contributed by atoms with Crippen LogP contribution in [0.5, 0.6) is 5.75 Å². The average Bonchev–Trinajstić information content (AvgIpc) is 2.32. The summed E-state index contributed by atoms with van der Waals surface area (Å²) in [5.74, 6) is -0.309. The van der Waals surface area contributed by atoms with Crippen LogP contribution in [-0.2, 0) is 17.5 Å². The molecule has 1 heterocycles. The molecule has 0 aliphatic carbocycles. The summed E-state index contributed by atoms with van der Waals surface area (Å²) in [6, 6.07) is 3.10. The van der Waals surface area contributed by atoms with Crippen LogP contribution < -0.4 is 0 Å². The zero-order chi connectivity index (χ0) is 13.2. The first-order valence-corrected chi connectivity index (χ1v) is 5.66. The maximum atomic E-state index is 12.4. The Balaban J connectivity index is 2.09. The Kier molecular flexibility index (Phi) is 3.77. The van der Waals surface area contributed by atoms with Crippen molar-refractivity contribution in [2.24, 2.45) is 0 Å². The molecule has 0 radical (unpaired) electrons. The van der Waals surface area contributed by atoms with Crippen LogP contribution >= 0.6 is 0 Å². The van der Waals surface area contributed by atoms with Crippen molar-refractivity contribution in [3.05, 3.63) is 29.3 Å². The molecule has 1 aromatic carbocycles. The first kappa shape index (κ1) is 13.2. The molecule has 1 aliphatic heterocycles. The molecule has 2 rings (SSSR count). The van der Waals surface area contributed by atoms with Gasteiger partial charge in [-0.15, -0.1) is 0 Å². The molecule has 18 heavy (non-hydrogen) atoms. The summed E-state index contributed by atoms with van der Waals surface area (Å²) < 4.78 is 42.4. The summed E-state index contributed by atoms with van der Waals surface area (Å²) in [6.07, 6.45) is -4.42. The molecular formula is C12H14F3NO2. The van der Waals surface area contributed by atoms with Crippen molar-refractivity contribution in [1.82, 2.24) is 4.90 Å². The van der Waals surface area contributed by atoms with E-state index >= 15 is 0 Å². The number of ether oxygens (including phenoxy) is 1. The Morgan fingerprint density at radius 3 is 2.44 bits per heavy atom. The molecule has 0 spiro atoms. The second kappa shape index (κ2) is 5.16. The number of benzene rings is 1. The van der Waals surface area contributed by atoms with Crippen molar-refractivity contribution in [1.29, 1.82) is 0 Å². The standard InChI is InChI=1S/C12H14F3NO2/c13-12(14,15)10-2-1-9(11(17)7-10)8-16-3-5-18-6-4-16/h1-2,7,17H,3-6,8H2. The molecule has 1 fully saturated rings. The molecular weight excluding hydrogens is 247 g/mol. The topological polar surface area (TPSA) is 32.7 Å². The van der Waals surface area contributed by atoms with Crippen molar-refractivity contribution in [2.75, 3.05) is 26.3 Å². The summed E-state index contributed by atoms with van der Waals surface area (Å²) >= 11 is 0. The summed E-state index contributed by atoms with van der Waals surface area (Å²) in [7, 11) is 0. The van der Waals surface area contributed by atoms with E-state index in [2.05, 4.69) is 0 Å². The van der Waals surface area contributed by atoms with Gasteiger partial charge in [-0.3, -0.25) is 4.90 Å². The Bertz CT molecular complexity index is 414. The summed E-state index contributed by atoms with van der Waals surface area (Å²) in [6.45, 7) is 3.11. The molecule has 0 amide bonds. The molecule has 1 saturated heterocycles. The number of hydrogen-bond acceptors (Lipinski definition) is 3. The van der Waals surface area contributed by atoms with Crippen molar-refractivity contribution in [2.45, 2.75) is 12.7 Å². The quantitative estimate of drug-likeness (QED) is 0.886. The van der Waals surface area contributed by atoms with E-state index in [0.29, 0.717) is 25.3 Å². The zero-order valence-corrected chi connectivity index (χ0v) is 9.70. The van der Waals surface area contributed by atoms with Crippen LogP contribution in [0.25, 0.3) is 0 Å². The number of halogens is 3. The molecule has 1 aromatic rings. The fourth-order valence-electron chi connectivity index (χ4n) is 1.87. The zero-order valence-electron chi connectivity index (χ0n) is 9.70. The lowest BCUT2D eigenvalue weighted by Gasteiger charge is -2.26. The van der Waals surface area contributed by atoms with E-state index in [1.165, 1.54) is 6.07 Å². The van der Waals surface area contributed by atoms with Gasteiger partial charge in [0.25, 0.3) is 0 Å². The number of hydrogen-bond donors (Lipinski definition) is 1. The fraction of sp³-hybridized carbons (Fsp3) is 0.500.